The first-order chi connectivity index (χ1) is 27.6. The summed E-state index contributed by atoms with van der Waals surface area (Å²) in [6.45, 7) is 7.05. The average molecular weight is 771 g/mol. The van der Waals surface area contributed by atoms with Gasteiger partial charge in [-0.3, -0.25) is 24.5 Å². The van der Waals surface area contributed by atoms with Gasteiger partial charge in [-0.25, -0.2) is 14.6 Å². The minimum Gasteiger partial charge on any atom is -0.496 e. The molecule has 1 unspecified atom stereocenters. The molecule has 4 N–H and O–H groups in total. The van der Waals surface area contributed by atoms with Gasteiger partial charge in [0.25, 0.3) is 11.8 Å². The molecule has 1 atom stereocenters. The largest absolute Gasteiger partial charge is 0.496 e. The van der Waals surface area contributed by atoms with Gasteiger partial charge in [-0.05, 0) is 82.2 Å². The number of hydrogen-bond acceptors (Lipinski definition) is 11. The number of aromatic amines is 1. The van der Waals surface area contributed by atoms with Crippen LogP contribution in [-0.2, 0) is 29.1 Å². The first-order valence-corrected chi connectivity index (χ1v) is 19.3. The van der Waals surface area contributed by atoms with Crippen LogP contribution in [0.2, 0.25) is 0 Å². The molecular weight excluding hydrogens is 729 g/mol. The van der Waals surface area contributed by atoms with Crippen LogP contribution in [0.15, 0.2) is 40.9 Å². The van der Waals surface area contributed by atoms with E-state index in [0.717, 1.165) is 63.2 Å². The Morgan fingerprint density at radius 1 is 1.07 bits per heavy atom. The van der Waals surface area contributed by atoms with Gasteiger partial charge >= 0.3 is 0 Å². The molecule has 0 bridgehead atoms. The van der Waals surface area contributed by atoms with Gasteiger partial charge in [-0.1, -0.05) is 17.3 Å². The third kappa shape index (κ3) is 6.43. The van der Waals surface area contributed by atoms with Crippen molar-refractivity contribution in [2.24, 2.45) is 0 Å². The van der Waals surface area contributed by atoms with Crippen LogP contribution in [-0.4, -0.2) is 78.1 Å². The topological polar surface area (TPSA) is 202 Å². The molecule has 6 heterocycles. The first kappa shape index (κ1) is 36.1. The Labute approximate surface area is 326 Å². The van der Waals surface area contributed by atoms with E-state index >= 15 is 0 Å². The Balaban J connectivity index is 0.987. The number of piperidine rings is 1. The van der Waals surface area contributed by atoms with Crippen LogP contribution < -0.4 is 20.7 Å². The Bertz CT molecular complexity index is 2620. The molecule has 0 radical (unpaired) electrons. The number of nitrogens with zero attached hydrogens (tertiary/aromatic N) is 6. The number of anilines is 2. The van der Waals surface area contributed by atoms with Gasteiger partial charge in [0.2, 0.25) is 17.6 Å². The van der Waals surface area contributed by atoms with Crippen LogP contribution in [0.3, 0.4) is 0 Å². The summed E-state index contributed by atoms with van der Waals surface area (Å²) >= 11 is 0. The van der Waals surface area contributed by atoms with Crippen LogP contribution in [0.5, 0.6) is 5.75 Å². The van der Waals surface area contributed by atoms with Crippen molar-refractivity contribution in [2.45, 2.75) is 84.3 Å². The molecule has 1 saturated carbocycles. The van der Waals surface area contributed by atoms with Gasteiger partial charge in [0.1, 0.15) is 34.8 Å². The molecular formula is C41H42N10O6. The molecule has 2 aromatic carbocycles. The van der Waals surface area contributed by atoms with Crippen LogP contribution in [0.4, 0.5) is 11.6 Å². The van der Waals surface area contributed by atoms with Crippen molar-refractivity contribution in [2.75, 3.05) is 19.0 Å². The summed E-state index contributed by atoms with van der Waals surface area (Å²) in [5.41, 5.74) is 7.06. The zero-order chi connectivity index (χ0) is 39.5. The van der Waals surface area contributed by atoms with Crippen molar-refractivity contribution in [3.8, 4) is 16.9 Å². The Morgan fingerprint density at radius 2 is 1.91 bits per heavy atom. The van der Waals surface area contributed by atoms with E-state index in [2.05, 4.69) is 32.2 Å². The lowest BCUT2D eigenvalue weighted by atomic mass is 9.99. The first-order valence-electron chi connectivity index (χ1n) is 19.3. The van der Waals surface area contributed by atoms with E-state index in [4.69, 9.17) is 24.3 Å². The van der Waals surface area contributed by atoms with Crippen molar-refractivity contribution in [1.82, 2.24) is 45.4 Å². The number of carbonyl (C=O) groups is 4. The zero-order valence-corrected chi connectivity index (χ0v) is 32.1. The van der Waals surface area contributed by atoms with Gasteiger partial charge in [-0.2, -0.15) is 5.10 Å². The molecule has 4 amide bonds. The van der Waals surface area contributed by atoms with Crippen LogP contribution in [0, 0.1) is 13.8 Å². The summed E-state index contributed by atoms with van der Waals surface area (Å²) in [6.07, 6.45) is 3.90. The standard InChI is InChI=1S/C41H42N10O6/c1-5-51-32(18-28(48-51)23-11-12-23)44-37-35-25-17-31(56-4)26(34-20(2)49-57-21(34)3)16-29(25)43-36(35)46-38(47-37)40(54)42-15-7-9-22-8-6-10-24-27(22)19-50(41(24)55)30-13-14-33(52)45-39(30)53/h6,8,10,16-18,23,30H,5,7,9,11-15,19H2,1-4H3,(H,42,54)(H,45,52,53)(H2,43,44,46,47). The molecule has 2 fully saturated rings. The summed E-state index contributed by atoms with van der Waals surface area (Å²) in [4.78, 5) is 65.9. The number of hydrogen-bond donors (Lipinski definition) is 4. The summed E-state index contributed by atoms with van der Waals surface area (Å²) in [5, 5.41) is 19.3. The maximum Gasteiger partial charge on any atom is 0.289 e. The predicted octanol–water partition coefficient (Wildman–Crippen LogP) is 5.35. The molecule has 2 aliphatic heterocycles. The second-order valence-electron chi connectivity index (χ2n) is 14.9. The van der Waals surface area contributed by atoms with Crippen molar-refractivity contribution in [3.63, 3.8) is 0 Å². The highest BCUT2D eigenvalue weighted by Crippen LogP contribution is 2.43. The number of aryl methyl sites for hydroxylation is 4. The normalized spacial score (nSPS) is 16.7. The summed E-state index contributed by atoms with van der Waals surface area (Å²) in [7, 11) is 1.62. The number of H-pyrrole nitrogens is 1. The van der Waals surface area contributed by atoms with Gasteiger partial charge < -0.3 is 29.8 Å². The number of fused-ring (bicyclic) bond motifs is 4. The highest BCUT2D eigenvalue weighted by Gasteiger charge is 2.39. The monoisotopic (exact) mass is 770 g/mol. The van der Waals surface area contributed by atoms with E-state index in [-0.39, 0.29) is 24.1 Å². The lowest BCUT2D eigenvalue weighted by Gasteiger charge is -2.29. The molecule has 6 aromatic rings. The highest BCUT2D eigenvalue weighted by atomic mass is 16.5. The maximum atomic E-state index is 13.8. The minimum atomic E-state index is -0.683. The Hall–Kier alpha value is -6.58. The van der Waals surface area contributed by atoms with Crippen molar-refractivity contribution >= 4 is 57.2 Å². The van der Waals surface area contributed by atoms with Gasteiger partial charge in [0.15, 0.2) is 0 Å². The van der Waals surface area contributed by atoms with Crippen molar-refractivity contribution < 1.29 is 28.4 Å². The average Bonchev–Trinajstić information content (AvgIpc) is 3.57. The smallest absolute Gasteiger partial charge is 0.289 e. The lowest BCUT2D eigenvalue weighted by molar-refractivity contribution is -0.136. The predicted molar refractivity (Wildman–Crippen MR) is 209 cm³/mol. The number of aromatic nitrogens is 6. The number of amides is 4. The van der Waals surface area contributed by atoms with E-state index in [1.807, 2.05) is 49.7 Å². The Morgan fingerprint density at radius 3 is 2.65 bits per heavy atom. The van der Waals surface area contributed by atoms with Crippen LogP contribution in [0.1, 0.15) is 94.2 Å². The maximum absolute atomic E-state index is 13.8. The fourth-order valence-electron chi connectivity index (χ4n) is 8.17. The van der Waals surface area contributed by atoms with Crippen molar-refractivity contribution in [1.29, 1.82) is 0 Å². The number of imide groups is 1. The molecule has 1 aliphatic carbocycles. The summed E-state index contributed by atoms with van der Waals surface area (Å²) in [5.74, 6) is 1.53. The summed E-state index contributed by atoms with van der Waals surface area (Å²) in [6, 6.07) is 10.9. The molecule has 4 aromatic heterocycles. The number of nitrogens with one attached hydrogen (secondary N) is 4. The molecule has 3 aliphatic rings. The molecule has 57 heavy (non-hydrogen) atoms. The van der Waals surface area contributed by atoms with Crippen LogP contribution in [0.25, 0.3) is 33.1 Å². The quantitative estimate of drug-likeness (QED) is 0.0923. The Kier molecular flexibility index (Phi) is 8.97. The van der Waals surface area contributed by atoms with E-state index in [9.17, 15) is 19.2 Å². The second-order valence-corrected chi connectivity index (χ2v) is 14.9. The molecule has 292 valence electrons. The number of rotatable bonds is 12. The highest BCUT2D eigenvalue weighted by molar-refractivity contribution is 6.14. The minimum absolute atomic E-state index is 0.00877. The SMILES string of the molecule is CCn1nc(C2CC2)cc1Nc1nc(C(=O)NCCCc2cccc3c2CN(C2CCC(=O)NC2=O)C3=O)nc2[nH]c3cc(-c4c(C)noc4C)c(OC)cc3c12. The lowest BCUT2D eigenvalue weighted by Crippen LogP contribution is -2.52. The molecule has 1 saturated heterocycles. The second kappa shape index (κ2) is 14.2. The van der Waals surface area contributed by atoms with Crippen molar-refractivity contribution in [3.05, 3.63) is 76.1 Å². The molecule has 16 nitrogen and oxygen atoms in total. The van der Waals surface area contributed by atoms with E-state index in [0.29, 0.717) is 78.7 Å². The third-order valence-electron chi connectivity index (χ3n) is 11.2. The molecule has 16 heteroatoms. The number of methoxy groups -OCH3 is 1. The van der Waals surface area contributed by atoms with Crippen LogP contribution >= 0.6 is 0 Å². The van der Waals surface area contributed by atoms with Gasteiger partial charge in [0, 0.05) is 60.1 Å². The number of benzene rings is 2. The zero-order valence-electron chi connectivity index (χ0n) is 32.1. The molecule has 0 spiro atoms. The molecule has 9 rings (SSSR count). The fraction of sp³-hybridized carbons (Fsp3) is 0.366. The fourth-order valence-corrected chi connectivity index (χ4v) is 8.17. The van der Waals surface area contributed by atoms with Gasteiger partial charge in [0.05, 0.1) is 29.4 Å². The van der Waals surface area contributed by atoms with E-state index < -0.39 is 17.9 Å². The number of ether oxygens (including phenoxy) is 1. The van der Waals surface area contributed by atoms with Gasteiger partial charge in [-0.15, -0.1) is 0 Å². The third-order valence-corrected chi connectivity index (χ3v) is 11.2. The van der Waals surface area contributed by atoms with E-state index in [1.54, 1.807) is 18.1 Å². The number of carbonyl (C=O) groups excluding carboxylic acids is 4. The van der Waals surface area contributed by atoms with E-state index in [1.165, 1.54) is 0 Å². The summed E-state index contributed by atoms with van der Waals surface area (Å²) < 4.78 is 13.3.